The van der Waals surface area contributed by atoms with Crippen molar-refractivity contribution in [2.24, 2.45) is 0 Å². The Balaban J connectivity index is 1.58. The van der Waals surface area contributed by atoms with Crippen LogP contribution in [0, 0.1) is 6.92 Å². The van der Waals surface area contributed by atoms with Crippen molar-refractivity contribution >= 4 is 5.91 Å². The molecule has 4 heteroatoms. The third-order valence-electron chi connectivity index (χ3n) is 5.55. The van der Waals surface area contributed by atoms with Crippen LogP contribution in [0.4, 0.5) is 0 Å². The van der Waals surface area contributed by atoms with Crippen LogP contribution >= 0.6 is 0 Å². The molecule has 0 radical (unpaired) electrons. The van der Waals surface area contributed by atoms with Gasteiger partial charge >= 0.3 is 0 Å². The Bertz CT molecular complexity index is 742. The summed E-state index contributed by atoms with van der Waals surface area (Å²) in [5.74, 6) is 0.170. The summed E-state index contributed by atoms with van der Waals surface area (Å²) in [6, 6.07) is 17.4. The molecular weight excluding hydrogens is 370 g/mol. The largest absolute Gasteiger partial charge is 0.356 e. The summed E-state index contributed by atoms with van der Waals surface area (Å²) in [5.41, 5.74) is 5.36. The second kappa shape index (κ2) is 13.9. The van der Waals surface area contributed by atoms with E-state index in [1.807, 2.05) is 7.05 Å². The molecule has 0 spiro atoms. The number of carbonyl (C=O) groups is 1. The zero-order valence-corrected chi connectivity index (χ0v) is 19.0. The zero-order valence-electron chi connectivity index (χ0n) is 19.0. The maximum atomic E-state index is 12.0. The van der Waals surface area contributed by atoms with Crippen LogP contribution < -0.4 is 10.6 Å². The lowest BCUT2D eigenvalue weighted by molar-refractivity contribution is -0.121. The molecule has 0 bridgehead atoms. The lowest BCUT2D eigenvalue weighted by Gasteiger charge is -2.16. The van der Waals surface area contributed by atoms with Gasteiger partial charge in [0.05, 0.1) is 0 Å². The number of rotatable bonds is 14. The van der Waals surface area contributed by atoms with E-state index in [0.717, 1.165) is 58.3 Å². The van der Waals surface area contributed by atoms with Crippen molar-refractivity contribution in [3.05, 3.63) is 70.8 Å². The summed E-state index contributed by atoms with van der Waals surface area (Å²) in [6.07, 6.45) is 5.58. The molecule has 2 rings (SSSR count). The van der Waals surface area contributed by atoms with Crippen molar-refractivity contribution in [3.63, 3.8) is 0 Å². The second-order valence-electron chi connectivity index (χ2n) is 8.24. The maximum Gasteiger partial charge on any atom is 0.220 e. The Morgan fingerprint density at radius 3 is 2.27 bits per heavy atom. The van der Waals surface area contributed by atoms with E-state index in [-0.39, 0.29) is 5.91 Å². The number of amides is 1. The molecule has 0 unspecified atom stereocenters. The fraction of sp³-hybridized carbons (Fsp3) is 0.500. The van der Waals surface area contributed by atoms with E-state index in [4.69, 9.17) is 0 Å². The highest BCUT2D eigenvalue weighted by molar-refractivity contribution is 5.75. The van der Waals surface area contributed by atoms with Crippen molar-refractivity contribution < 1.29 is 4.79 Å². The van der Waals surface area contributed by atoms with Gasteiger partial charge in [0, 0.05) is 13.0 Å². The van der Waals surface area contributed by atoms with E-state index in [1.54, 1.807) is 0 Å². The van der Waals surface area contributed by atoms with Crippen LogP contribution in [-0.2, 0) is 17.6 Å². The number of hydrogen-bond donors (Lipinski definition) is 2. The molecule has 0 heterocycles. The molecule has 0 aliphatic carbocycles. The van der Waals surface area contributed by atoms with Crippen LogP contribution in [0.2, 0.25) is 0 Å². The second-order valence-corrected chi connectivity index (χ2v) is 8.24. The first kappa shape index (κ1) is 24.1. The number of nitrogens with one attached hydrogen (secondary N) is 2. The van der Waals surface area contributed by atoms with Gasteiger partial charge in [0.15, 0.2) is 0 Å². The molecule has 2 aromatic carbocycles. The number of benzene rings is 2. The summed E-state index contributed by atoms with van der Waals surface area (Å²) in [6.45, 7) is 6.11. The Kier molecular flexibility index (Phi) is 11.2. The number of hydrogen-bond acceptors (Lipinski definition) is 3. The SMILES string of the molecule is CNCCCN(C)CCCNC(=O)CCCc1ccc(Cc2ccccc2C)cc1. The van der Waals surface area contributed by atoms with Gasteiger partial charge in [0.25, 0.3) is 0 Å². The molecule has 0 saturated carbocycles. The third-order valence-corrected chi connectivity index (χ3v) is 5.55. The molecule has 0 aliphatic heterocycles. The summed E-state index contributed by atoms with van der Waals surface area (Å²) < 4.78 is 0. The van der Waals surface area contributed by atoms with Crippen molar-refractivity contribution in [2.45, 2.75) is 45.4 Å². The van der Waals surface area contributed by atoms with E-state index in [1.165, 1.54) is 22.3 Å². The standard InChI is InChI=1S/C26H39N3O/c1-22-9-4-5-11-25(22)21-24-15-13-23(14-16-24)10-6-12-26(30)28-18-8-20-29(3)19-7-17-27-2/h4-5,9,11,13-16,27H,6-8,10,12,17-21H2,1-3H3,(H,28,30). The van der Waals surface area contributed by atoms with E-state index in [0.29, 0.717) is 6.42 Å². The average Bonchev–Trinajstić information content (AvgIpc) is 2.74. The lowest BCUT2D eigenvalue weighted by atomic mass is 9.99. The van der Waals surface area contributed by atoms with Gasteiger partial charge in [-0.15, -0.1) is 0 Å². The fourth-order valence-electron chi connectivity index (χ4n) is 3.61. The van der Waals surface area contributed by atoms with E-state index in [9.17, 15) is 4.79 Å². The highest BCUT2D eigenvalue weighted by Gasteiger charge is 2.04. The Morgan fingerprint density at radius 2 is 1.57 bits per heavy atom. The monoisotopic (exact) mass is 409 g/mol. The zero-order chi connectivity index (χ0) is 21.6. The third kappa shape index (κ3) is 9.55. The van der Waals surface area contributed by atoms with Gasteiger partial charge in [-0.1, -0.05) is 48.5 Å². The minimum Gasteiger partial charge on any atom is -0.356 e. The number of carbonyl (C=O) groups excluding carboxylic acids is 1. The van der Waals surface area contributed by atoms with E-state index >= 15 is 0 Å². The number of nitrogens with zero attached hydrogens (tertiary/aromatic N) is 1. The molecule has 164 valence electrons. The summed E-state index contributed by atoms with van der Waals surface area (Å²) in [7, 11) is 4.13. The van der Waals surface area contributed by atoms with Gasteiger partial charge in [-0.3, -0.25) is 4.79 Å². The molecule has 0 atom stereocenters. The quantitative estimate of drug-likeness (QED) is 0.464. The Hall–Kier alpha value is -2.17. The van der Waals surface area contributed by atoms with Gasteiger partial charge < -0.3 is 15.5 Å². The van der Waals surface area contributed by atoms with Gasteiger partial charge in [-0.05, 0) is 95.0 Å². The Morgan fingerprint density at radius 1 is 0.900 bits per heavy atom. The first-order chi connectivity index (χ1) is 14.6. The predicted octanol–water partition coefficient (Wildman–Crippen LogP) is 3.96. The van der Waals surface area contributed by atoms with Crippen LogP contribution in [0.25, 0.3) is 0 Å². The summed E-state index contributed by atoms with van der Waals surface area (Å²) in [4.78, 5) is 14.4. The lowest BCUT2D eigenvalue weighted by Crippen LogP contribution is -2.29. The van der Waals surface area contributed by atoms with Crippen LogP contribution in [0.5, 0.6) is 0 Å². The minimum atomic E-state index is 0.170. The molecule has 4 nitrogen and oxygen atoms in total. The van der Waals surface area contributed by atoms with Crippen LogP contribution in [0.3, 0.4) is 0 Å². The maximum absolute atomic E-state index is 12.0. The molecule has 30 heavy (non-hydrogen) atoms. The van der Waals surface area contributed by atoms with Crippen LogP contribution in [-0.4, -0.2) is 51.1 Å². The predicted molar refractivity (Wildman–Crippen MR) is 127 cm³/mol. The van der Waals surface area contributed by atoms with E-state index in [2.05, 4.69) is 78.0 Å². The first-order valence-corrected chi connectivity index (χ1v) is 11.3. The molecule has 0 fully saturated rings. The molecule has 2 N–H and O–H groups in total. The van der Waals surface area contributed by atoms with Crippen LogP contribution in [0.1, 0.15) is 47.9 Å². The van der Waals surface area contributed by atoms with Gasteiger partial charge in [-0.2, -0.15) is 0 Å². The first-order valence-electron chi connectivity index (χ1n) is 11.3. The van der Waals surface area contributed by atoms with Crippen molar-refractivity contribution in [3.8, 4) is 0 Å². The molecule has 1 amide bonds. The molecule has 0 aliphatic rings. The van der Waals surface area contributed by atoms with Gasteiger partial charge in [0.1, 0.15) is 0 Å². The van der Waals surface area contributed by atoms with Gasteiger partial charge in [-0.25, -0.2) is 0 Å². The van der Waals surface area contributed by atoms with Gasteiger partial charge in [0.2, 0.25) is 5.91 Å². The van der Waals surface area contributed by atoms with E-state index < -0.39 is 0 Å². The molecule has 0 saturated heterocycles. The highest BCUT2D eigenvalue weighted by atomic mass is 16.1. The highest BCUT2D eigenvalue weighted by Crippen LogP contribution is 2.15. The Labute approximate surface area is 183 Å². The molecule has 2 aromatic rings. The van der Waals surface area contributed by atoms with Crippen molar-refractivity contribution in [1.82, 2.24) is 15.5 Å². The minimum absolute atomic E-state index is 0.170. The molecular formula is C26H39N3O. The fourth-order valence-corrected chi connectivity index (χ4v) is 3.61. The normalized spacial score (nSPS) is 11.1. The summed E-state index contributed by atoms with van der Waals surface area (Å²) in [5, 5.41) is 6.22. The van der Waals surface area contributed by atoms with Crippen LogP contribution in [0.15, 0.2) is 48.5 Å². The molecule has 0 aromatic heterocycles. The smallest absolute Gasteiger partial charge is 0.220 e. The topological polar surface area (TPSA) is 44.4 Å². The summed E-state index contributed by atoms with van der Waals surface area (Å²) >= 11 is 0. The average molecular weight is 410 g/mol. The van der Waals surface area contributed by atoms with Crippen molar-refractivity contribution in [1.29, 1.82) is 0 Å². The van der Waals surface area contributed by atoms with Crippen molar-refractivity contribution in [2.75, 3.05) is 40.3 Å². The number of aryl methyl sites for hydroxylation is 2.